The monoisotopic (exact) mass is 434 g/mol. The summed E-state index contributed by atoms with van der Waals surface area (Å²) in [6.45, 7) is 4.61. The van der Waals surface area contributed by atoms with Crippen molar-refractivity contribution in [2.75, 3.05) is 5.43 Å². The summed E-state index contributed by atoms with van der Waals surface area (Å²) in [6, 6.07) is 1.86. The van der Waals surface area contributed by atoms with E-state index in [-0.39, 0.29) is 6.07 Å². The van der Waals surface area contributed by atoms with Gasteiger partial charge in [-0.15, -0.1) is 0 Å². The van der Waals surface area contributed by atoms with E-state index in [2.05, 4.69) is 5.10 Å². The van der Waals surface area contributed by atoms with Crippen LogP contribution in [0.25, 0.3) is 0 Å². The Morgan fingerprint density at radius 1 is 1.03 bits per heavy atom. The van der Waals surface area contributed by atoms with E-state index < -0.39 is 57.6 Å². The van der Waals surface area contributed by atoms with Crippen LogP contribution in [0.4, 0.5) is 32.0 Å². The van der Waals surface area contributed by atoms with Gasteiger partial charge in [-0.05, 0) is 18.2 Å². The first-order chi connectivity index (χ1) is 13.5. The number of halogens is 6. The van der Waals surface area contributed by atoms with Crippen molar-refractivity contribution in [3.8, 4) is 6.07 Å². The number of carbonyl (C=O) groups excluding carboxylic acids is 2. The van der Waals surface area contributed by atoms with Gasteiger partial charge in [0, 0.05) is 11.5 Å². The van der Waals surface area contributed by atoms with Crippen LogP contribution in [0.15, 0.2) is 35.1 Å². The zero-order chi connectivity index (χ0) is 23.5. The SMILES string of the molecule is CC(C)(C)C(=O)C=C(N)C(=O)/C(C#N)=N/Nc1cc(C(F)(F)F)cc(C(F)(F)F)c1. The molecule has 12 heteroatoms. The number of nitrogens with zero attached hydrogens (tertiary/aromatic N) is 2. The second-order valence-electron chi connectivity index (χ2n) is 7.02. The van der Waals surface area contributed by atoms with Gasteiger partial charge in [-0.1, -0.05) is 20.8 Å². The van der Waals surface area contributed by atoms with E-state index in [1.54, 1.807) is 0 Å². The van der Waals surface area contributed by atoms with Gasteiger partial charge in [-0.3, -0.25) is 15.0 Å². The van der Waals surface area contributed by atoms with Crippen molar-refractivity contribution in [3.63, 3.8) is 0 Å². The number of hydrogen-bond donors (Lipinski definition) is 2. The Morgan fingerprint density at radius 3 is 1.87 bits per heavy atom. The molecule has 162 valence electrons. The second-order valence-corrected chi connectivity index (χ2v) is 7.02. The third-order valence-corrected chi connectivity index (χ3v) is 3.49. The number of anilines is 1. The lowest BCUT2D eigenvalue weighted by Crippen LogP contribution is -2.25. The number of hydrogen-bond acceptors (Lipinski definition) is 6. The highest BCUT2D eigenvalue weighted by molar-refractivity contribution is 6.51. The smallest absolute Gasteiger partial charge is 0.395 e. The van der Waals surface area contributed by atoms with E-state index in [9.17, 15) is 35.9 Å². The largest absolute Gasteiger partial charge is 0.416 e. The molecule has 0 radical (unpaired) electrons. The zero-order valence-corrected chi connectivity index (χ0v) is 15.9. The Balaban J connectivity index is 3.28. The Kier molecular flexibility index (Phi) is 7.04. The Labute approximate surface area is 167 Å². The lowest BCUT2D eigenvalue weighted by atomic mass is 9.90. The molecule has 0 saturated heterocycles. The normalized spacial score (nSPS) is 13.6. The molecule has 3 N–H and O–H groups in total. The number of hydrazone groups is 1. The van der Waals surface area contributed by atoms with Crippen molar-refractivity contribution in [1.29, 1.82) is 5.26 Å². The maximum atomic E-state index is 12.9. The van der Waals surface area contributed by atoms with Gasteiger partial charge < -0.3 is 5.73 Å². The first-order valence-corrected chi connectivity index (χ1v) is 8.06. The molecule has 30 heavy (non-hydrogen) atoms. The van der Waals surface area contributed by atoms with E-state index in [1.807, 2.05) is 5.43 Å². The van der Waals surface area contributed by atoms with Gasteiger partial charge in [0.25, 0.3) is 0 Å². The molecular weight excluding hydrogens is 418 g/mol. The summed E-state index contributed by atoms with van der Waals surface area (Å²) in [7, 11) is 0. The Morgan fingerprint density at radius 2 is 1.50 bits per heavy atom. The number of nitrogens with two attached hydrogens (primary N) is 1. The van der Waals surface area contributed by atoms with E-state index >= 15 is 0 Å². The van der Waals surface area contributed by atoms with Crippen LogP contribution >= 0.6 is 0 Å². The topological polar surface area (TPSA) is 108 Å². The maximum Gasteiger partial charge on any atom is 0.416 e. The average molecular weight is 434 g/mol. The van der Waals surface area contributed by atoms with E-state index in [0.29, 0.717) is 12.1 Å². The molecule has 0 saturated carbocycles. The van der Waals surface area contributed by atoms with Crippen LogP contribution in [-0.4, -0.2) is 17.3 Å². The number of allylic oxidation sites excluding steroid dienone is 2. The summed E-state index contributed by atoms with van der Waals surface area (Å²) in [4.78, 5) is 24.0. The fourth-order valence-electron chi connectivity index (χ4n) is 1.83. The van der Waals surface area contributed by atoms with Crippen molar-refractivity contribution in [3.05, 3.63) is 41.1 Å². The van der Waals surface area contributed by atoms with Gasteiger partial charge in [0.1, 0.15) is 6.07 Å². The summed E-state index contributed by atoms with van der Waals surface area (Å²) in [6.07, 6.45) is -9.41. The van der Waals surface area contributed by atoms with Gasteiger partial charge in [-0.25, -0.2) is 0 Å². The molecule has 0 amide bonds. The molecule has 0 unspecified atom stereocenters. The summed E-state index contributed by atoms with van der Waals surface area (Å²) in [5.74, 6) is -1.78. The first kappa shape index (κ1) is 24.7. The van der Waals surface area contributed by atoms with Gasteiger partial charge in [0.05, 0.1) is 22.5 Å². The minimum absolute atomic E-state index is 0.0932. The molecule has 0 aliphatic heterocycles. The van der Waals surface area contributed by atoms with Gasteiger partial charge in [-0.2, -0.15) is 36.7 Å². The van der Waals surface area contributed by atoms with E-state index in [1.165, 1.54) is 26.8 Å². The average Bonchev–Trinajstić information content (AvgIpc) is 2.59. The minimum Gasteiger partial charge on any atom is -0.395 e. The van der Waals surface area contributed by atoms with Crippen molar-refractivity contribution in [1.82, 2.24) is 0 Å². The van der Waals surface area contributed by atoms with Gasteiger partial charge in [0.2, 0.25) is 11.5 Å². The number of alkyl halides is 6. The molecule has 0 bridgehead atoms. The molecule has 1 aromatic carbocycles. The molecule has 1 rings (SSSR count). The predicted octanol–water partition coefficient (Wildman–Crippen LogP) is 4.04. The third kappa shape index (κ3) is 6.61. The maximum absolute atomic E-state index is 12.9. The van der Waals surface area contributed by atoms with Crippen LogP contribution in [0, 0.1) is 16.7 Å². The zero-order valence-electron chi connectivity index (χ0n) is 15.9. The second kappa shape index (κ2) is 8.56. The van der Waals surface area contributed by atoms with Gasteiger partial charge >= 0.3 is 12.4 Å². The van der Waals surface area contributed by atoms with Crippen LogP contribution in [0.3, 0.4) is 0 Å². The molecule has 0 heterocycles. The summed E-state index contributed by atoms with van der Waals surface area (Å²) >= 11 is 0. The summed E-state index contributed by atoms with van der Waals surface area (Å²) in [5, 5.41) is 12.3. The molecule has 0 fully saturated rings. The molecular formula is C18H16F6N4O2. The number of rotatable bonds is 5. The van der Waals surface area contributed by atoms with Crippen LogP contribution in [0.2, 0.25) is 0 Å². The van der Waals surface area contributed by atoms with Crippen molar-refractivity contribution >= 4 is 23.0 Å². The number of nitrogens with one attached hydrogen (secondary N) is 1. The van der Waals surface area contributed by atoms with E-state index in [4.69, 9.17) is 11.0 Å². The fraction of sp³-hybridized carbons (Fsp3) is 0.333. The van der Waals surface area contributed by atoms with Crippen LogP contribution in [0.5, 0.6) is 0 Å². The Hall–Kier alpha value is -3.36. The quantitative estimate of drug-likeness (QED) is 0.315. The molecule has 1 aromatic rings. The number of benzene rings is 1. The standard InChI is InChI=1S/C18H16F6N4O2/c1-16(2,3)14(29)7-12(26)15(30)13(8-25)28-27-11-5-9(17(19,20)21)4-10(6-11)18(22,23)24/h4-7,27H,26H2,1-3H3/b12-7?,28-13+. The molecule has 0 aliphatic rings. The number of carbonyl (C=O) groups is 2. The van der Waals surface area contributed by atoms with Crippen LogP contribution < -0.4 is 11.2 Å². The van der Waals surface area contributed by atoms with Crippen molar-refractivity contribution in [2.24, 2.45) is 16.3 Å². The van der Waals surface area contributed by atoms with E-state index in [0.717, 1.165) is 6.08 Å². The number of Topliss-reactive ketones (excluding diaryl/α,β-unsaturated/α-hetero) is 1. The lowest BCUT2D eigenvalue weighted by molar-refractivity contribution is -0.143. The minimum atomic E-state index is -5.09. The van der Waals surface area contributed by atoms with Crippen molar-refractivity contribution < 1.29 is 35.9 Å². The number of nitriles is 1. The third-order valence-electron chi connectivity index (χ3n) is 3.49. The summed E-state index contributed by atoms with van der Waals surface area (Å²) < 4.78 is 77.2. The predicted molar refractivity (Wildman–Crippen MR) is 94.9 cm³/mol. The van der Waals surface area contributed by atoms with Gasteiger partial charge in [0.15, 0.2) is 5.78 Å². The van der Waals surface area contributed by atoms with Crippen LogP contribution in [0.1, 0.15) is 31.9 Å². The first-order valence-electron chi connectivity index (χ1n) is 8.06. The summed E-state index contributed by atoms with van der Waals surface area (Å²) in [5.41, 5.74) is 0.735. The van der Waals surface area contributed by atoms with Crippen molar-refractivity contribution in [2.45, 2.75) is 33.1 Å². The van der Waals surface area contributed by atoms with Crippen LogP contribution in [-0.2, 0) is 21.9 Å². The highest BCUT2D eigenvalue weighted by Gasteiger charge is 2.37. The molecule has 0 aromatic heterocycles. The highest BCUT2D eigenvalue weighted by Crippen LogP contribution is 2.37. The Bertz CT molecular complexity index is 915. The highest BCUT2D eigenvalue weighted by atomic mass is 19.4. The lowest BCUT2D eigenvalue weighted by Gasteiger charge is -2.14. The molecule has 6 nitrogen and oxygen atoms in total. The molecule has 0 spiro atoms. The fourth-order valence-corrected chi connectivity index (χ4v) is 1.83. The molecule has 0 atom stereocenters. The number of ketones is 2. The molecule has 0 aliphatic carbocycles.